The first kappa shape index (κ1) is 10.7. The fraction of sp³-hybridized carbons (Fsp3) is 0.0714. The lowest BCUT2D eigenvalue weighted by atomic mass is 10.2. The molecule has 0 saturated heterocycles. The molecule has 0 saturated carbocycles. The summed E-state index contributed by atoms with van der Waals surface area (Å²) in [5.41, 5.74) is 0.684. The summed E-state index contributed by atoms with van der Waals surface area (Å²) in [6.07, 6.45) is 0. The Hall–Kier alpha value is -2.49. The zero-order chi connectivity index (χ0) is 12.5. The SMILES string of the molecule is CC(=O)Nc1ccc2c(c1)Oc1ccccc1O2. The Bertz CT molecular complexity index is 622. The number of hydrogen-bond acceptors (Lipinski definition) is 3. The molecule has 0 aromatic heterocycles. The highest BCUT2D eigenvalue weighted by Gasteiger charge is 2.18. The molecule has 0 fully saturated rings. The average molecular weight is 241 g/mol. The summed E-state index contributed by atoms with van der Waals surface area (Å²) >= 11 is 0. The fourth-order valence-corrected chi connectivity index (χ4v) is 1.81. The van der Waals surface area contributed by atoms with Crippen molar-refractivity contribution >= 4 is 11.6 Å². The molecule has 2 aromatic carbocycles. The Morgan fingerprint density at radius 3 is 2.22 bits per heavy atom. The summed E-state index contributed by atoms with van der Waals surface area (Å²) in [5.74, 6) is 2.48. The number of hydrogen-bond donors (Lipinski definition) is 1. The summed E-state index contributed by atoms with van der Waals surface area (Å²) in [6.45, 7) is 1.46. The summed E-state index contributed by atoms with van der Waals surface area (Å²) in [4.78, 5) is 11.0. The molecule has 0 aliphatic carbocycles. The predicted octanol–water partition coefficient (Wildman–Crippen LogP) is 3.54. The van der Waals surface area contributed by atoms with Gasteiger partial charge in [-0.2, -0.15) is 0 Å². The minimum absolute atomic E-state index is 0.118. The van der Waals surface area contributed by atoms with E-state index < -0.39 is 0 Å². The number of para-hydroxylation sites is 2. The average Bonchev–Trinajstić information content (AvgIpc) is 2.35. The largest absolute Gasteiger partial charge is 0.450 e. The number of nitrogens with one attached hydrogen (secondary N) is 1. The third-order valence-corrected chi connectivity index (χ3v) is 2.55. The maximum atomic E-state index is 11.0. The van der Waals surface area contributed by atoms with Crippen LogP contribution in [0.25, 0.3) is 0 Å². The third kappa shape index (κ3) is 1.88. The Labute approximate surface area is 104 Å². The van der Waals surface area contributed by atoms with Gasteiger partial charge >= 0.3 is 0 Å². The number of rotatable bonds is 1. The molecular weight excluding hydrogens is 230 g/mol. The van der Waals surface area contributed by atoms with E-state index in [0.29, 0.717) is 28.7 Å². The van der Waals surface area contributed by atoms with Gasteiger partial charge in [-0.05, 0) is 24.3 Å². The molecule has 3 rings (SSSR count). The van der Waals surface area contributed by atoms with Crippen molar-refractivity contribution in [2.45, 2.75) is 6.92 Å². The highest BCUT2D eigenvalue weighted by Crippen LogP contribution is 2.45. The maximum Gasteiger partial charge on any atom is 0.221 e. The molecule has 4 heteroatoms. The van der Waals surface area contributed by atoms with Gasteiger partial charge in [0.05, 0.1) is 0 Å². The van der Waals surface area contributed by atoms with E-state index >= 15 is 0 Å². The summed E-state index contributed by atoms with van der Waals surface area (Å²) < 4.78 is 11.4. The van der Waals surface area contributed by atoms with Crippen molar-refractivity contribution in [1.82, 2.24) is 0 Å². The van der Waals surface area contributed by atoms with E-state index in [9.17, 15) is 4.79 Å². The van der Waals surface area contributed by atoms with Crippen LogP contribution in [0, 0.1) is 0 Å². The Morgan fingerprint density at radius 2 is 1.56 bits per heavy atom. The zero-order valence-electron chi connectivity index (χ0n) is 9.77. The second kappa shape index (κ2) is 4.07. The van der Waals surface area contributed by atoms with Crippen molar-refractivity contribution in [1.29, 1.82) is 0 Å². The predicted molar refractivity (Wildman–Crippen MR) is 67.3 cm³/mol. The first-order valence-electron chi connectivity index (χ1n) is 5.59. The molecule has 1 amide bonds. The molecule has 1 aliphatic heterocycles. The Morgan fingerprint density at radius 1 is 0.944 bits per heavy atom. The Balaban J connectivity index is 1.96. The maximum absolute atomic E-state index is 11.0. The molecule has 0 spiro atoms. The van der Waals surface area contributed by atoms with Crippen LogP contribution in [0.1, 0.15) is 6.92 Å². The van der Waals surface area contributed by atoms with Gasteiger partial charge in [0, 0.05) is 18.7 Å². The van der Waals surface area contributed by atoms with E-state index in [1.54, 1.807) is 18.2 Å². The smallest absolute Gasteiger partial charge is 0.221 e. The highest BCUT2D eigenvalue weighted by molar-refractivity contribution is 5.89. The van der Waals surface area contributed by atoms with Crippen LogP contribution < -0.4 is 14.8 Å². The number of fused-ring (bicyclic) bond motifs is 2. The first-order chi connectivity index (χ1) is 8.72. The molecule has 1 N–H and O–H groups in total. The van der Waals surface area contributed by atoms with Crippen molar-refractivity contribution in [2.75, 3.05) is 5.32 Å². The van der Waals surface area contributed by atoms with Crippen LogP contribution in [0.3, 0.4) is 0 Å². The van der Waals surface area contributed by atoms with Crippen molar-refractivity contribution in [2.24, 2.45) is 0 Å². The monoisotopic (exact) mass is 241 g/mol. The molecule has 2 aromatic rings. The van der Waals surface area contributed by atoms with Crippen LogP contribution >= 0.6 is 0 Å². The molecule has 0 atom stereocenters. The van der Waals surface area contributed by atoms with Gasteiger partial charge in [-0.1, -0.05) is 12.1 Å². The number of carbonyl (C=O) groups excluding carboxylic acids is 1. The van der Waals surface area contributed by atoms with E-state index in [4.69, 9.17) is 9.47 Å². The van der Waals surface area contributed by atoms with Crippen molar-refractivity contribution in [3.8, 4) is 23.0 Å². The van der Waals surface area contributed by atoms with E-state index in [1.165, 1.54) is 6.92 Å². The van der Waals surface area contributed by atoms with Crippen LogP contribution in [0.4, 0.5) is 5.69 Å². The van der Waals surface area contributed by atoms with Crippen LogP contribution in [-0.4, -0.2) is 5.91 Å². The molecule has 90 valence electrons. The van der Waals surface area contributed by atoms with Crippen LogP contribution in [0.5, 0.6) is 23.0 Å². The lowest BCUT2D eigenvalue weighted by Crippen LogP contribution is -2.06. The first-order valence-corrected chi connectivity index (χ1v) is 5.59. The van der Waals surface area contributed by atoms with Gasteiger partial charge in [-0.3, -0.25) is 4.79 Å². The molecule has 4 nitrogen and oxygen atoms in total. The minimum atomic E-state index is -0.118. The topological polar surface area (TPSA) is 47.6 Å². The van der Waals surface area contributed by atoms with Crippen LogP contribution in [0.2, 0.25) is 0 Å². The number of amides is 1. The van der Waals surface area contributed by atoms with Crippen molar-refractivity contribution in [3.05, 3.63) is 42.5 Å². The second-order valence-corrected chi connectivity index (χ2v) is 3.99. The molecule has 1 aliphatic rings. The van der Waals surface area contributed by atoms with Gasteiger partial charge in [0.15, 0.2) is 23.0 Å². The second-order valence-electron chi connectivity index (χ2n) is 3.99. The molecule has 0 radical (unpaired) electrons. The van der Waals surface area contributed by atoms with E-state index in [-0.39, 0.29) is 5.91 Å². The van der Waals surface area contributed by atoms with Gasteiger partial charge in [0.1, 0.15) is 0 Å². The van der Waals surface area contributed by atoms with Crippen LogP contribution in [-0.2, 0) is 4.79 Å². The Kier molecular flexibility index (Phi) is 2.41. The quantitative estimate of drug-likeness (QED) is 0.708. The van der Waals surface area contributed by atoms with Gasteiger partial charge in [-0.25, -0.2) is 0 Å². The van der Waals surface area contributed by atoms with Gasteiger partial charge in [0.2, 0.25) is 5.91 Å². The molecular formula is C14H11NO3. The van der Waals surface area contributed by atoms with Gasteiger partial charge in [-0.15, -0.1) is 0 Å². The minimum Gasteiger partial charge on any atom is -0.450 e. The highest BCUT2D eigenvalue weighted by atomic mass is 16.6. The van der Waals surface area contributed by atoms with E-state index in [2.05, 4.69) is 5.32 Å². The number of ether oxygens (including phenoxy) is 2. The molecule has 1 heterocycles. The summed E-state index contributed by atoms with van der Waals surface area (Å²) in [7, 11) is 0. The lowest BCUT2D eigenvalue weighted by molar-refractivity contribution is -0.114. The van der Waals surface area contributed by atoms with E-state index in [0.717, 1.165) is 0 Å². The lowest BCUT2D eigenvalue weighted by Gasteiger charge is -2.20. The summed E-state index contributed by atoms with van der Waals surface area (Å²) in [5, 5.41) is 2.70. The van der Waals surface area contributed by atoms with Crippen LogP contribution in [0.15, 0.2) is 42.5 Å². The molecule has 18 heavy (non-hydrogen) atoms. The van der Waals surface area contributed by atoms with Crippen molar-refractivity contribution < 1.29 is 14.3 Å². The van der Waals surface area contributed by atoms with Crippen molar-refractivity contribution in [3.63, 3.8) is 0 Å². The fourth-order valence-electron chi connectivity index (χ4n) is 1.81. The number of carbonyl (C=O) groups is 1. The standard InChI is InChI=1S/C14H11NO3/c1-9(16)15-10-6-7-13-14(8-10)18-12-5-3-2-4-11(12)17-13/h2-8H,1H3,(H,15,16). The van der Waals surface area contributed by atoms with Gasteiger partial charge < -0.3 is 14.8 Å². The van der Waals surface area contributed by atoms with E-state index in [1.807, 2.05) is 24.3 Å². The molecule has 0 bridgehead atoms. The van der Waals surface area contributed by atoms with Gasteiger partial charge in [0.25, 0.3) is 0 Å². The zero-order valence-corrected chi connectivity index (χ0v) is 9.77. The summed E-state index contributed by atoms with van der Waals surface area (Å²) in [6, 6.07) is 12.7. The number of benzene rings is 2. The number of anilines is 1. The molecule has 0 unspecified atom stereocenters. The normalized spacial score (nSPS) is 11.6. The third-order valence-electron chi connectivity index (χ3n) is 2.55.